The molecular weight excluding hydrogens is 300 g/mol. The number of hydrogen-bond acceptors (Lipinski definition) is 2. The Morgan fingerprint density at radius 2 is 2.04 bits per heavy atom. The number of aromatic nitrogens is 2. The Labute approximate surface area is 143 Å². The van der Waals surface area contributed by atoms with Crippen LogP contribution in [0, 0.1) is 25.7 Å². The quantitative estimate of drug-likeness (QED) is 0.460. The number of aryl methyl sites for hydroxylation is 1. The van der Waals surface area contributed by atoms with Crippen LogP contribution < -0.4 is 0 Å². The average Bonchev–Trinajstić information content (AvgIpc) is 3.10. The van der Waals surface area contributed by atoms with Gasteiger partial charge in [-0.2, -0.15) is 0 Å². The molecule has 0 aliphatic carbocycles. The maximum Gasteiger partial charge on any atom is 0.109 e. The van der Waals surface area contributed by atoms with Gasteiger partial charge in [-0.1, -0.05) is 30.4 Å². The van der Waals surface area contributed by atoms with Crippen molar-refractivity contribution in [3.8, 4) is 11.8 Å². The zero-order valence-electron chi connectivity index (χ0n) is 14.4. The number of H-pyrrole nitrogens is 1. The second kappa shape index (κ2) is 9.66. The van der Waals surface area contributed by atoms with Crippen molar-refractivity contribution in [3.63, 3.8) is 0 Å². The van der Waals surface area contributed by atoms with Crippen LogP contribution in [0.3, 0.4) is 0 Å². The maximum atomic E-state index is 3.97. The molecule has 0 saturated heterocycles. The summed E-state index contributed by atoms with van der Waals surface area (Å²) in [4.78, 5) is 9.44. The van der Waals surface area contributed by atoms with E-state index in [1.165, 1.54) is 21.6 Å². The van der Waals surface area contributed by atoms with Gasteiger partial charge in [-0.3, -0.25) is 0 Å². The van der Waals surface area contributed by atoms with E-state index in [9.17, 15) is 0 Å². The molecule has 2 aromatic rings. The van der Waals surface area contributed by atoms with Gasteiger partial charge >= 0.3 is 0 Å². The van der Waals surface area contributed by atoms with E-state index in [0.29, 0.717) is 0 Å². The summed E-state index contributed by atoms with van der Waals surface area (Å²) < 4.78 is 0. The van der Waals surface area contributed by atoms with E-state index in [4.69, 9.17) is 0 Å². The summed E-state index contributed by atoms with van der Waals surface area (Å²) in [6.45, 7) is 15.4. The lowest BCUT2D eigenvalue weighted by molar-refractivity contribution is 1.11. The first kappa shape index (κ1) is 18.7. The monoisotopic (exact) mass is 324 g/mol. The summed E-state index contributed by atoms with van der Waals surface area (Å²) in [6.07, 6.45) is 10.00. The molecule has 0 aromatic carbocycles. The minimum atomic E-state index is 0.847. The predicted octanol–water partition coefficient (Wildman–Crippen LogP) is 5.35. The minimum absolute atomic E-state index is 0.847. The van der Waals surface area contributed by atoms with E-state index in [-0.39, 0.29) is 0 Å². The van der Waals surface area contributed by atoms with Gasteiger partial charge in [0.25, 0.3) is 0 Å². The van der Waals surface area contributed by atoms with Crippen molar-refractivity contribution >= 4 is 11.3 Å². The van der Waals surface area contributed by atoms with Gasteiger partial charge in [0.2, 0.25) is 0 Å². The van der Waals surface area contributed by atoms with Crippen LogP contribution in [0.15, 0.2) is 49.5 Å². The predicted molar refractivity (Wildman–Crippen MR) is 102 cm³/mol. The third-order valence-electron chi connectivity index (χ3n) is 3.14. The maximum absolute atomic E-state index is 3.97. The SMILES string of the molecule is C=C/C=C(\C)Cc1c(C)sc(C#Cc2cnc[nH]2)c1C.C=CC. The Bertz CT molecular complexity index is 735. The second-order valence-corrected chi connectivity index (χ2v) is 6.36. The minimum Gasteiger partial charge on any atom is -0.338 e. The highest BCUT2D eigenvalue weighted by Crippen LogP contribution is 2.28. The fourth-order valence-electron chi connectivity index (χ4n) is 2.06. The Kier molecular flexibility index (Phi) is 7.87. The molecule has 0 saturated carbocycles. The first-order valence-corrected chi connectivity index (χ1v) is 8.29. The first-order chi connectivity index (χ1) is 11.0. The number of rotatable bonds is 3. The third kappa shape index (κ3) is 5.77. The molecule has 0 aliphatic heterocycles. The van der Waals surface area contributed by atoms with Crippen LogP contribution in [-0.2, 0) is 6.42 Å². The largest absolute Gasteiger partial charge is 0.338 e. The number of thiophene rings is 1. The number of aromatic amines is 1. The third-order valence-corrected chi connectivity index (χ3v) is 4.31. The summed E-state index contributed by atoms with van der Waals surface area (Å²) in [5, 5.41) is 0. The molecule has 0 atom stereocenters. The van der Waals surface area contributed by atoms with Crippen molar-refractivity contribution in [2.24, 2.45) is 0 Å². The fourth-order valence-corrected chi connectivity index (χ4v) is 3.09. The van der Waals surface area contributed by atoms with Crippen LogP contribution in [0.5, 0.6) is 0 Å². The summed E-state index contributed by atoms with van der Waals surface area (Å²) in [6, 6.07) is 0. The van der Waals surface area contributed by atoms with Crippen LogP contribution >= 0.6 is 11.3 Å². The highest BCUT2D eigenvalue weighted by Gasteiger charge is 2.10. The number of allylic oxidation sites excluding steroid dienone is 4. The average molecular weight is 324 g/mol. The molecule has 2 nitrogen and oxygen atoms in total. The zero-order valence-corrected chi connectivity index (χ0v) is 15.2. The van der Waals surface area contributed by atoms with E-state index in [2.05, 4.69) is 61.8 Å². The van der Waals surface area contributed by atoms with Crippen LogP contribution in [-0.4, -0.2) is 9.97 Å². The Morgan fingerprint density at radius 1 is 1.35 bits per heavy atom. The summed E-state index contributed by atoms with van der Waals surface area (Å²) in [7, 11) is 0. The van der Waals surface area contributed by atoms with Gasteiger partial charge in [-0.15, -0.1) is 17.9 Å². The van der Waals surface area contributed by atoms with E-state index in [1.54, 1.807) is 29.9 Å². The Morgan fingerprint density at radius 3 is 2.61 bits per heavy atom. The summed E-state index contributed by atoms with van der Waals surface area (Å²) in [5.74, 6) is 6.35. The molecule has 0 radical (unpaired) electrons. The van der Waals surface area contributed by atoms with Crippen molar-refractivity contribution in [1.82, 2.24) is 9.97 Å². The molecule has 2 heterocycles. The smallest absolute Gasteiger partial charge is 0.109 e. The number of nitrogens with zero attached hydrogens (tertiary/aromatic N) is 1. The zero-order chi connectivity index (χ0) is 17.2. The molecule has 0 fully saturated rings. The van der Waals surface area contributed by atoms with Crippen molar-refractivity contribution < 1.29 is 0 Å². The molecule has 0 spiro atoms. The van der Waals surface area contributed by atoms with Crippen molar-refractivity contribution in [2.45, 2.75) is 34.1 Å². The van der Waals surface area contributed by atoms with Crippen molar-refractivity contribution in [2.75, 3.05) is 0 Å². The van der Waals surface area contributed by atoms with Gasteiger partial charge in [-0.25, -0.2) is 4.98 Å². The molecule has 120 valence electrons. The highest BCUT2D eigenvalue weighted by atomic mass is 32.1. The number of nitrogens with one attached hydrogen (secondary N) is 1. The van der Waals surface area contributed by atoms with Crippen molar-refractivity contribution in [3.05, 3.63) is 76.1 Å². The topological polar surface area (TPSA) is 28.7 Å². The molecule has 2 aromatic heterocycles. The van der Waals surface area contributed by atoms with Gasteiger partial charge in [0, 0.05) is 4.88 Å². The van der Waals surface area contributed by atoms with Gasteiger partial charge in [0.05, 0.1) is 17.4 Å². The second-order valence-electron chi connectivity index (χ2n) is 5.14. The van der Waals surface area contributed by atoms with Gasteiger partial charge < -0.3 is 4.98 Å². The molecule has 1 N–H and O–H groups in total. The lowest BCUT2D eigenvalue weighted by Gasteiger charge is -2.02. The van der Waals surface area contributed by atoms with E-state index < -0.39 is 0 Å². The number of imidazole rings is 1. The standard InChI is InChI=1S/C17H18N2S.C3H6/c1-5-6-12(2)9-16-13(3)17(20-14(16)4)8-7-15-10-18-11-19-15;1-3-2/h5-6,10-11H,1,9H2,2-4H3,(H,18,19);3H,1H2,2H3/b12-6+;. The van der Waals surface area contributed by atoms with Gasteiger partial charge in [0.1, 0.15) is 5.69 Å². The van der Waals surface area contributed by atoms with Crippen LogP contribution in [0.25, 0.3) is 0 Å². The van der Waals surface area contributed by atoms with Crippen LogP contribution in [0.2, 0.25) is 0 Å². The molecule has 23 heavy (non-hydrogen) atoms. The molecule has 0 amide bonds. The molecule has 0 aliphatic rings. The van der Waals surface area contributed by atoms with E-state index in [1.807, 2.05) is 13.0 Å². The van der Waals surface area contributed by atoms with E-state index in [0.717, 1.165) is 17.0 Å². The van der Waals surface area contributed by atoms with E-state index >= 15 is 0 Å². The summed E-state index contributed by atoms with van der Waals surface area (Å²) >= 11 is 1.76. The Balaban J connectivity index is 0.000000816. The molecular formula is C20H24N2S. The van der Waals surface area contributed by atoms with Gasteiger partial charge in [-0.05, 0) is 57.1 Å². The Hall–Kier alpha value is -2.31. The molecule has 0 bridgehead atoms. The molecule has 2 rings (SSSR count). The lowest BCUT2D eigenvalue weighted by atomic mass is 10.0. The van der Waals surface area contributed by atoms with Crippen LogP contribution in [0.1, 0.15) is 40.4 Å². The normalized spacial score (nSPS) is 10.2. The summed E-state index contributed by atoms with van der Waals surface area (Å²) in [5.41, 5.74) is 4.84. The highest BCUT2D eigenvalue weighted by molar-refractivity contribution is 7.12. The van der Waals surface area contributed by atoms with Gasteiger partial charge in [0.15, 0.2) is 0 Å². The molecule has 0 unspecified atom stereocenters. The molecule has 3 heteroatoms. The van der Waals surface area contributed by atoms with Crippen LogP contribution in [0.4, 0.5) is 0 Å². The fraction of sp³-hybridized carbons (Fsp3) is 0.250. The number of hydrogen-bond donors (Lipinski definition) is 1. The van der Waals surface area contributed by atoms with Crippen molar-refractivity contribution in [1.29, 1.82) is 0 Å². The first-order valence-electron chi connectivity index (χ1n) is 7.47. The lowest BCUT2D eigenvalue weighted by Crippen LogP contribution is -1.90.